The van der Waals surface area contributed by atoms with Crippen LogP contribution in [-0.4, -0.2) is 47.5 Å². The average molecular weight is 262 g/mol. The Labute approximate surface area is 116 Å². The van der Waals surface area contributed by atoms with Gasteiger partial charge in [-0.3, -0.25) is 9.88 Å². The third-order valence-corrected chi connectivity index (χ3v) is 4.05. The van der Waals surface area contributed by atoms with Gasteiger partial charge in [0.25, 0.3) is 0 Å². The van der Waals surface area contributed by atoms with Crippen LogP contribution in [0.2, 0.25) is 0 Å². The van der Waals surface area contributed by atoms with Crippen LogP contribution in [0.1, 0.15) is 31.0 Å². The summed E-state index contributed by atoms with van der Waals surface area (Å²) in [4.78, 5) is 9.43. The molecule has 1 aromatic rings. The molecule has 2 rings (SSSR count). The first kappa shape index (κ1) is 14.4. The Morgan fingerprint density at radius 2 is 2.26 bits per heavy atom. The summed E-state index contributed by atoms with van der Waals surface area (Å²) in [6.45, 7) is 7.32. The molecule has 1 aromatic heterocycles. The second-order valence-corrected chi connectivity index (χ2v) is 5.46. The monoisotopic (exact) mass is 262 g/mol. The standard InChI is InChI=1S/C15H26N4/c1-3-14-12-18(2)8-5-9-19(14)11-13-6-4-7-17-15(13)10-16/h4,6-7,14H,3,5,8-12,16H2,1-2H3. The fourth-order valence-corrected chi connectivity index (χ4v) is 2.91. The highest BCUT2D eigenvalue weighted by atomic mass is 15.2. The molecule has 4 heteroatoms. The number of hydrogen-bond acceptors (Lipinski definition) is 4. The van der Waals surface area contributed by atoms with E-state index in [1.807, 2.05) is 12.3 Å². The minimum atomic E-state index is 0.528. The van der Waals surface area contributed by atoms with Crippen molar-refractivity contribution in [2.24, 2.45) is 5.73 Å². The maximum absolute atomic E-state index is 5.79. The van der Waals surface area contributed by atoms with E-state index in [1.165, 1.54) is 31.5 Å². The lowest BCUT2D eigenvalue weighted by atomic mass is 10.1. The zero-order chi connectivity index (χ0) is 13.7. The van der Waals surface area contributed by atoms with E-state index in [1.54, 1.807) is 0 Å². The van der Waals surface area contributed by atoms with Crippen LogP contribution in [0.5, 0.6) is 0 Å². The molecule has 4 nitrogen and oxygen atoms in total. The molecule has 1 aliphatic rings. The van der Waals surface area contributed by atoms with Crippen molar-refractivity contribution < 1.29 is 0 Å². The van der Waals surface area contributed by atoms with E-state index in [-0.39, 0.29) is 0 Å². The predicted octanol–water partition coefficient (Wildman–Crippen LogP) is 1.46. The van der Waals surface area contributed by atoms with Gasteiger partial charge in [0.05, 0.1) is 5.69 Å². The van der Waals surface area contributed by atoms with E-state index in [2.05, 4.69) is 34.8 Å². The molecule has 0 radical (unpaired) electrons. The van der Waals surface area contributed by atoms with Gasteiger partial charge in [0, 0.05) is 38.4 Å². The molecule has 0 aliphatic carbocycles. The van der Waals surface area contributed by atoms with Crippen molar-refractivity contribution in [1.29, 1.82) is 0 Å². The molecule has 2 heterocycles. The van der Waals surface area contributed by atoms with Crippen LogP contribution < -0.4 is 5.73 Å². The largest absolute Gasteiger partial charge is 0.325 e. The van der Waals surface area contributed by atoms with Crippen LogP contribution in [-0.2, 0) is 13.1 Å². The SMILES string of the molecule is CCC1CN(C)CCCN1Cc1cccnc1CN. The molecule has 1 aliphatic heterocycles. The molecular formula is C15H26N4. The molecule has 1 fully saturated rings. The Kier molecular flexibility index (Phi) is 5.31. The van der Waals surface area contributed by atoms with E-state index in [9.17, 15) is 0 Å². The van der Waals surface area contributed by atoms with E-state index < -0.39 is 0 Å². The summed E-state index contributed by atoms with van der Waals surface area (Å²) in [5.74, 6) is 0. The third kappa shape index (κ3) is 3.75. The number of pyridine rings is 1. The molecule has 19 heavy (non-hydrogen) atoms. The lowest BCUT2D eigenvalue weighted by Crippen LogP contribution is -2.39. The summed E-state index contributed by atoms with van der Waals surface area (Å²) < 4.78 is 0. The van der Waals surface area contributed by atoms with Gasteiger partial charge in [-0.1, -0.05) is 13.0 Å². The summed E-state index contributed by atoms with van der Waals surface area (Å²) in [7, 11) is 2.22. The highest BCUT2D eigenvalue weighted by Crippen LogP contribution is 2.17. The number of hydrogen-bond donors (Lipinski definition) is 1. The summed E-state index contributed by atoms with van der Waals surface area (Å²) >= 11 is 0. The Balaban J connectivity index is 2.11. The van der Waals surface area contributed by atoms with Gasteiger partial charge in [0.2, 0.25) is 0 Å². The van der Waals surface area contributed by atoms with Crippen molar-refractivity contribution in [1.82, 2.24) is 14.8 Å². The Morgan fingerprint density at radius 3 is 3.00 bits per heavy atom. The second-order valence-electron chi connectivity index (χ2n) is 5.46. The molecule has 0 saturated carbocycles. The average Bonchev–Trinajstić information content (AvgIpc) is 2.61. The lowest BCUT2D eigenvalue weighted by Gasteiger charge is -2.30. The van der Waals surface area contributed by atoms with Crippen molar-refractivity contribution in [3.8, 4) is 0 Å². The van der Waals surface area contributed by atoms with Crippen molar-refractivity contribution in [3.05, 3.63) is 29.6 Å². The fourth-order valence-electron chi connectivity index (χ4n) is 2.91. The highest BCUT2D eigenvalue weighted by Gasteiger charge is 2.22. The van der Waals surface area contributed by atoms with Crippen LogP contribution in [0.4, 0.5) is 0 Å². The molecule has 106 valence electrons. The van der Waals surface area contributed by atoms with E-state index in [0.29, 0.717) is 12.6 Å². The molecule has 1 unspecified atom stereocenters. The Hall–Kier alpha value is -0.970. The van der Waals surface area contributed by atoms with Gasteiger partial charge in [-0.25, -0.2) is 0 Å². The fraction of sp³-hybridized carbons (Fsp3) is 0.667. The second kappa shape index (κ2) is 6.98. The lowest BCUT2D eigenvalue weighted by molar-refractivity contribution is 0.175. The number of rotatable bonds is 4. The third-order valence-electron chi connectivity index (χ3n) is 4.05. The van der Waals surface area contributed by atoms with Crippen molar-refractivity contribution in [2.45, 2.75) is 38.9 Å². The Morgan fingerprint density at radius 1 is 1.42 bits per heavy atom. The Bertz CT molecular complexity index is 393. The van der Waals surface area contributed by atoms with Crippen LogP contribution in [0.25, 0.3) is 0 Å². The van der Waals surface area contributed by atoms with Crippen molar-refractivity contribution in [3.63, 3.8) is 0 Å². The van der Waals surface area contributed by atoms with Gasteiger partial charge in [0.1, 0.15) is 0 Å². The first-order valence-corrected chi connectivity index (χ1v) is 7.30. The topological polar surface area (TPSA) is 45.4 Å². The minimum Gasteiger partial charge on any atom is -0.325 e. The molecule has 0 spiro atoms. The molecule has 1 atom stereocenters. The highest BCUT2D eigenvalue weighted by molar-refractivity contribution is 5.19. The first-order chi connectivity index (χ1) is 9.24. The zero-order valence-corrected chi connectivity index (χ0v) is 12.2. The van der Waals surface area contributed by atoms with Gasteiger partial charge in [-0.05, 0) is 38.1 Å². The van der Waals surface area contributed by atoms with Crippen molar-refractivity contribution in [2.75, 3.05) is 26.7 Å². The predicted molar refractivity (Wildman–Crippen MR) is 78.7 cm³/mol. The van der Waals surface area contributed by atoms with E-state index in [4.69, 9.17) is 5.73 Å². The molecule has 1 saturated heterocycles. The number of aromatic nitrogens is 1. The van der Waals surface area contributed by atoms with Gasteiger partial charge < -0.3 is 10.6 Å². The van der Waals surface area contributed by atoms with Gasteiger partial charge in [-0.15, -0.1) is 0 Å². The summed E-state index contributed by atoms with van der Waals surface area (Å²) in [5, 5.41) is 0. The van der Waals surface area contributed by atoms with E-state index >= 15 is 0 Å². The molecule has 0 aromatic carbocycles. The van der Waals surface area contributed by atoms with Crippen molar-refractivity contribution >= 4 is 0 Å². The van der Waals surface area contributed by atoms with E-state index in [0.717, 1.165) is 18.8 Å². The van der Waals surface area contributed by atoms with Crippen LogP contribution in [0, 0.1) is 0 Å². The maximum Gasteiger partial charge on any atom is 0.0584 e. The molecule has 2 N–H and O–H groups in total. The zero-order valence-electron chi connectivity index (χ0n) is 12.2. The molecule has 0 bridgehead atoms. The number of nitrogens with two attached hydrogens (primary N) is 1. The molecular weight excluding hydrogens is 236 g/mol. The molecule has 0 amide bonds. The summed E-state index contributed by atoms with van der Waals surface area (Å²) in [6, 6.07) is 4.81. The smallest absolute Gasteiger partial charge is 0.0584 e. The quantitative estimate of drug-likeness (QED) is 0.892. The van der Waals surface area contributed by atoms with Crippen LogP contribution in [0.15, 0.2) is 18.3 Å². The summed E-state index contributed by atoms with van der Waals surface area (Å²) in [5.41, 5.74) is 8.11. The number of likely N-dealkylation sites (N-methyl/N-ethyl adjacent to an activating group) is 1. The van der Waals surface area contributed by atoms with Crippen LogP contribution >= 0.6 is 0 Å². The maximum atomic E-state index is 5.79. The normalized spacial score (nSPS) is 22.4. The number of nitrogens with zero attached hydrogens (tertiary/aromatic N) is 3. The van der Waals surface area contributed by atoms with Crippen LogP contribution in [0.3, 0.4) is 0 Å². The minimum absolute atomic E-state index is 0.528. The van der Waals surface area contributed by atoms with Gasteiger partial charge in [0.15, 0.2) is 0 Å². The first-order valence-electron chi connectivity index (χ1n) is 7.30. The van der Waals surface area contributed by atoms with Gasteiger partial charge in [-0.2, -0.15) is 0 Å². The summed E-state index contributed by atoms with van der Waals surface area (Å²) in [6.07, 6.45) is 4.27. The van der Waals surface area contributed by atoms with Gasteiger partial charge >= 0.3 is 0 Å².